The van der Waals surface area contributed by atoms with Crippen LogP contribution in [-0.2, 0) is 14.9 Å². The quantitative estimate of drug-likeness (QED) is 0.603. The largest absolute Gasteiger partial charge is 0.393 e. The molecule has 3 N–H and O–H groups in total. The van der Waals surface area contributed by atoms with Crippen LogP contribution in [0.3, 0.4) is 0 Å². The molecule has 142 valence electrons. The summed E-state index contributed by atoms with van der Waals surface area (Å²) in [4.78, 5) is 11.7. The molecule has 6 nitrogen and oxygen atoms in total. The fourth-order valence-electron chi connectivity index (χ4n) is 3.71. The second-order valence-electron chi connectivity index (χ2n) is 7.54. The molecule has 1 aliphatic rings. The van der Waals surface area contributed by atoms with E-state index in [0.717, 1.165) is 32.1 Å². The van der Waals surface area contributed by atoms with Gasteiger partial charge in [-0.3, -0.25) is 9.35 Å². The van der Waals surface area contributed by atoms with E-state index in [1.165, 1.54) is 12.8 Å². The first-order valence-corrected chi connectivity index (χ1v) is 10.7. The molecule has 0 aromatic carbocycles. The first-order valence-electron chi connectivity index (χ1n) is 9.05. The average molecular weight is 364 g/mol. The summed E-state index contributed by atoms with van der Waals surface area (Å²) < 4.78 is 29.8. The first kappa shape index (κ1) is 21.4. The summed E-state index contributed by atoms with van der Waals surface area (Å²) in [6.07, 6.45) is 6.84. The minimum atomic E-state index is -4.03. The van der Waals surface area contributed by atoms with Crippen LogP contribution in [0.25, 0.3) is 0 Å². The third kappa shape index (κ3) is 10.3. The first-order chi connectivity index (χ1) is 11.2. The molecule has 24 heavy (non-hydrogen) atoms. The zero-order chi connectivity index (χ0) is 18.2. The Balaban J connectivity index is 2.30. The van der Waals surface area contributed by atoms with Gasteiger partial charge in [0.2, 0.25) is 5.91 Å². The Morgan fingerprint density at radius 2 is 1.83 bits per heavy atom. The molecule has 1 saturated carbocycles. The van der Waals surface area contributed by atoms with E-state index < -0.39 is 15.9 Å². The molecule has 0 bridgehead atoms. The molecule has 1 amide bonds. The number of carbonyl (C=O) groups is 1. The fraction of sp³-hybridized carbons (Fsp3) is 0.941. The maximum absolute atomic E-state index is 11.7. The van der Waals surface area contributed by atoms with E-state index >= 15 is 0 Å². The summed E-state index contributed by atoms with van der Waals surface area (Å²) in [6.45, 7) is 4.42. The lowest BCUT2D eigenvalue weighted by Gasteiger charge is -2.20. The summed E-state index contributed by atoms with van der Waals surface area (Å²) in [6, 6.07) is 0. The van der Waals surface area contributed by atoms with Crippen LogP contribution < -0.4 is 5.32 Å². The van der Waals surface area contributed by atoms with Crippen LogP contribution in [0.2, 0.25) is 0 Å². The fourth-order valence-corrected chi connectivity index (χ4v) is 4.07. The van der Waals surface area contributed by atoms with Gasteiger partial charge < -0.3 is 10.4 Å². The zero-order valence-electron chi connectivity index (χ0n) is 14.9. The molecule has 4 unspecified atom stereocenters. The number of rotatable bonds is 7. The van der Waals surface area contributed by atoms with Crippen molar-refractivity contribution in [3.05, 3.63) is 0 Å². The third-order valence-electron chi connectivity index (χ3n) is 4.85. The lowest BCUT2D eigenvalue weighted by Crippen LogP contribution is -2.28. The lowest BCUT2D eigenvalue weighted by molar-refractivity contribution is -0.121. The van der Waals surface area contributed by atoms with Gasteiger partial charge in [0, 0.05) is 13.0 Å². The van der Waals surface area contributed by atoms with Crippen LogP contribution in [-0.4, -0.2) is 42.4 Å². The number of carbonyl (C=O) groups excluding carboxylic acids is 1. The molecule has 0 aliphatic heterocycles. The van der Waals surface area contributed by atoms with Gasteiger partial charge in [0.1, 0.15) is 0 Å². The number of aliphatic hydroxyl groups is 1. The Morgan fingerprint density at radius 3 is 2.50 bits per heavy atom. The highest BCUT2D eigenvalue weighted by Crippen LogP contribution is 2.30. The maximum Gasteiger partial charge on any atom is 0.266 e. The molecule has 0 radical (unpaired) electrons. The molecule has 0 aromatic rings. The van der Waals surface area contributed by atoms with Crippen molar-refractivity contribution in [2.45, 2.75) is 71.3 Å². The smallest absolute Gasteiger partial charge is 0.266 e. The molecule has 1 aliphatic carbocycles. The highest BCUT2D eigenvalue weighted by atomic mass is 32.2. The molecule has 4 atom stereocenters. The van der Waals surface area contributed by atoms with Gasteiger partial charge in [-0.1, -0.05) is 26.7 Å². The van der Waals surface area contributed by atoms with E-state index in [1.54, 1.807) is 0 Å². The highest BCUT2D eigenvalue weighted by Gasteiger charge is 2.22. The number of nitrogens with one attached hydrogen (secondary N) is 1. The summed E-state index contributed by atoms with van der Waals surface area (Å²) in [5.41, 5.74) is 0. The van der Waals surface area contributed by atoms with E-state index in [4.69, 9.17) is 4.55 Å². The van der Waals surface area contributed by atoms with E-state index in [1.807, 2.05) is 0 Å². The molecule has 1 rings (SSSR count). The van der Waals surface area contributed by atoms with Crippen LogP contribution in [0, 0.1) is 17.8 Å². The van der Waals surface area contributed by atoms with Gasteiger partial charge in [-0.15, -0.1) is 0 Å². The van der Waals surface area contributed by atoms with Crippen LogP contribution in [0.15, 0.2) is 0 Å². The predicted octanol–water partition coefficient (Wildman–Crippen LogP) is 2.37. The van der Waals surface area contributed by atoms with Gasteiger partial charge in [-0.05, 0) is 49.9 Å². The van der Waals surface area contributed by atoms with Crippen molar-refractivity contribution in [2.24, 2.45) is 17.8 Å². The Hall–Kier alpha value is -0.660. The van der Waals surface area contributed by atoms with E-state index in [2.05, 4.69) is 19.2 Å². The summed E-state index contributed by atoms with van der Waals surface area (Å²) >= 11 is 0. The van der Waals surface area contributed by atoms with E-state index in [9.17, 15) is 18.3 Å². The number of aliphatic hydroxyl groups excluding tert-OH is 1. The molecule has 0 aromatic heterocycles. The van der Waals surface area contributed by atoms with Gasteiger partial charge in [-0.2, -0.15) is 8.42 Å². The number of amides is 1. The molecular weight excluding hydrogens is 330 g/mol. The summed E-state index contributed by atoms with van der Waals surface area (Å²) in [5.74, 6) is 1.03. The SMILES string of the molecule is CC1CCC(CCCC(=O)NCCS(=O)(=O)O)CC(O)CC(C)C1. The Labute approximate surface area is 146 Å². The van der Waals surface area contributed by atoms with Crippen molar-refractivity contribution in [1.82, 2.24) is 5.32 Å². The zero-order valence-corrected chi connectivity index (χ0v) is 15.7. The Kier molecular flexibility index (Phi) is 9.23. The molecular formula is C17H33NO5S. The van der Waals surface area contributed by atoms with Crippen LogP contribution in [0.1, 0.15) is 65.2 Å². The molecule has 0 heterocycles. The van der Waals surface area contributed by atoms with E-state index in [0.29, 0.717) is 24.2 Å². The van der Waals surface area contributed by atoms with Crippen LogP contribution >= 0.6 is 0 Å². The Morgan fingerprint density at radius 1 is 1.12 bits per heavy atom. The summed E-state index contributed by atoms with van der Waals surface area (Å²) in [7, 11) is -4.03. The van der Waals surface area contributed by atoms with E-state index in [-0.39, 0.29) is 18.6 Å². The monoisotopic (exact) mass is 363 g/mol. The average Bonchev–Trinajstić information content (AvgIpc) is 2.47. The third-order valence-corrected chi connectivity index (χ3v) is 5.57. The second kappa shape index (κ2) is 10.4. The number of hydrogen-bond acceptors (Lipinski definition) is 4. The van der Waals surface area contributed by atoms with Gasteiger partial charge >= 0.3 is 0 Å². The minimum absolute atomic E-state index is 0.0603. The second-order valence-corrected chi connectivity index (χ2v) is 9.11. The normalized spacial score (nSPS) is 29.3. The van der Waals surface area contributed by atoms with Crippen LogP contribution in [0.4, 0.5) is 0 Å². The maximum atomic E-state index is 11.7. The van der Waals surface area contributed by atoms with Crippen molar-refractivity contribution in [3.63, 3.8) is 0 Å². The minimum Gasteiger partial charge on any atom is -0.393 e. The summed E-state index contributed by atoms with van der Waals surface area (Å²) in [5, 5.41) is 12.7. The highest BCUT2D eigenvalue weighted by molar-refractivity contribution is 7.85. The van der Waals surface area contributed by atoms with Gasteiger partial charge in [0.15, 0.2) is 0 Å². The molecule has 0 saturated heterocycles. The van der Waals surface area contributed by atoms with Gasteiger partial charge in [0.25, 0.3) is 10.1 Å². The van der Waals surface area contributed by atoms with Crippen molar-refractivity contribution in [3.8, 4) is 0 Å². The van der Waals surface area contributed by atoms with Crippen molar-refractivity contribution in [1.29, 1.82) is 0 Å². The van der Waals surface area contributed by atoms with Crippen molar-refractivity contribution in [2.75, 3.05) is 12.3 Å². The van der Waals surface area contributed by atoms with Crippen LogP contribution in [0.5, 0.6) is 0 Å². The van der Waals surface area contributed by atoms with Crippen molar-refractivity contribution < 1.29 is 22.9 Å². The predicted molar refractivity (Wildman–Crippen MR) is 94.2 cm³/mol. The van der Waals surface area contributed by atoms with Gasteiger partial charge in [0.05, 0.1) is 11.9 Å². The molecule has 0 spiro atoms. The van der Waals surface area contributed by atoms with Crippen molar-refractivity contribution >= 4 is 16.0 Å². The molecule has 7 heteroatoms. The standard InChI is InChI=1S/C17H33NO5S/c1-13-6-7-15(12-16(19)11-14(2)10-13)4-3-5-17(20)18-8-9-24(21,22)23/h13-16,19H,3-12H2,1-2H3,(H,18,20)(H,21,22,23). The van der Waals surface area contributed by atoms with Gasteiger partial charge in [-0.25, -0.2) is 0 Å². The topological polar surface area (TPSA) is 104 Å². The lowest BCUT2D eigenvalue weighted by atomic mass is 9.89. The number of hydrogen-bond donors (Lipinski definition) is 3. The molecule has 1 fully saturated rings. The Bertz CT molecular complexity index is 479.